The maximum absolute atomic E-state index is 13.3. The third-order valence-electron chi connectivity index (χ3n) is 6.02. The van der Waals surface area contributed by atoms with E-state index in [-0.39, 0.29) is 16.7 Å². The second kappa shape index (κ2) is 8.52. The number of aliphatic hydroxyl groups excluding tert-OH is 1. The van der Waals surface area contributed by atoms with Gasteiger partial charge in [-0.25, -0.2) is 0 Å². The van der Waals surface area contributed by atoms with Crippen molar-refractivity contribution in [3.05, 3.63) is 88.4 Å². The van der Waals surface area contributed by atoms with Crippen LogP contribution in [-0.4, -0.2) is 23.9 Å². The molecule has 3 aromatic rings. The van der Waals surface area contributed by atoms with Gasteiger partial charge in [-0.2, -0.15) is 0 Å². The van der Waals surface area contributed by atoms with Crippen LogP contribution in [0.15, 0.2) is 64.8 Å². The van der Waals surface area contributed by atoms with Gasteiger partial charge in [0.05, 0.1) is 18.9 Å². The summed E-state index contributed by atoms with van der Waals surface area (Å²) >= 11 is 0. The van der Waals surface area contributed by atoms with Crippen molar-refractivity contribution in [2.45, 2.75) is 46.1 Å². The van der Waals surface area contributed by atoms with Crippen molar-refractivity contribution in [3.8, 4) is 5.75 Å². The topological polar surface area (TPSA) is 80.0 Å². The van der Waals surface area contributed by atoms with Gasteiger partial charge in [-0.1, -0.05) is 26.8 Å². The van der Waals surface area contributed by atoms with Crippen LogP contribution < -0.4 is 9.64 Å². The Morgan fingerprint density at radius 2 is 1.71 bits per heavy atom. The predicted molar refractivity (Wildman–Crippen MR) is 131 cm³/mol. The standard InChI is InChI=1S/C28H29NO5/c1-16-12-17(2)14-19(13-16)29-24(22-8-7-11-34-22)23(26(31)27(29)32)25(30)18-9-10-21(33-6)20(15-18)28(3,4)5/h7-15,24,30H,1-6H3/b25-23-. The average Bonchev–Trinajstić information content (AvgIpc) is 3.38. The van der Waals surface area contributed by atoms with E-state index in [9.17, 15) is 14.7 Å². The first-order valence-electron chi connectivity index (χ1n) is 11.1. The first-order chi connectivity index (χ1) is 16.0. The van der Waals surface area contributed by atoms with Crippen molar-refractivity contribution in [3.63, 3.8) is 0 Å². The largest absolute Gasteiger partial charge is 0.507 e. The molecule has 1 aliphatic heterocycles. The molecule has 0 aliphatic carbocycles. The zero-order chi connectivity index (χ0) is 24.8. The number of aliphatic hydroxyl groups is 1. The number of carbonyl (C=O) groups excluding carboxylic acids is 2. The fourth-order valence-electron chi connectivity index (χ4n) is 4.50. The molecular weight excluding hydrogens is 430 g/mol. The highest BCUT2D eigenvalue weighted by molar-refractivity contribution is 6.51. The Morgan fingerprint density at radius 3 is 2.26 bits per heavy atom. The molecule has 2 aromatic carbocycles. The van der Waals surface area contributed by atoms with Crippen LogP contribution in [0.25, 0.3) is 5.76 Å². The van der Waals surface area contributed by atoms with Crippen molar-refractivity contribution < 1.29 is 23.8 Å². The molecule has 0 saturated carbocycles. The van der Waals surface area contributed by atoms with Crippen molar-refractivity contribution >= 4 is 23.1 Å². The lowest BCUT2D eigenvalue weighted by molar-refractivity contribution is -0.132. The Morgan fingerprint density at radius 1 is 1.03 bits per heavy atom. The highest BCUT2D eigenvalue weighted by Crippen LogP contribution is 2.43. The molecule has 0 radical (unpaired) electrons. The van der Waals surface area contributed by atoms with Gasteiger partial charge in [-0.05, 0) is 72.9 Å². The molecule has 6 nitrogen and oxygen atoms in total. The van der Waals surface area contributed by atoms with E-state index in [1.54, 1.807) is 37.4 Å². The number of ether oxygens (including phenoxy) is 1. The number of anilines is 1. The summed E-state index contributed by atoms with van der Waals surface area (Å²) in [5.41, 5.74) is 3.51. The number of amides is 1. The molecule has 0 spiro atoms. The van der Waals surface area contributed by atoms with Crippen molar-refractivity contribution in [1.82, 2.24) is 0 Å². The summed E-state index contributed by atoms with van der Waals surface area (Å²) < 4.78 is 11.2. The van der Waals surface area contributed by atoms with Gasteiger partial charge >= 0.3 is 0 Å². The minimum Gasteiger partial charge on any atom is -0.507 e. The molecule has 176 valence electrons. The summed E-state index contributed by atoms with van der Waals surface area (Å²) in [6, 6.07) is 13.4. The van der Waals surface area contributed by atoms with Crippen LogP contribution in [0.3, 0.4) is 0 Å². The summed E-state index contributed by atoms with van der Waals surface area (Å²) in [6.07, 6.45) is 1.49. The van der Waals surface area contributed by atoms with E-state index in [1.165, 1.54) is 11.2 Å². The van der Waals surface area contributed by atoms with Gasteiger partial charge in [0.1, 0.15) is 23.3 Å². The lowest BCUT2D eigenvalue weighted by atomic mass is 9.84. The van der Waals surface area contributed by atoms with Crippen LogP contribution in [0.1, 0.15) is 54.8 Å². The van der Waals surface area contributed by atoms with Gasteiger partial charge in [-0.3, -0.25) is 14.5 Å². The summed E-state index contributed by atoms with van der Waals surface area (Å²) in [5.74, 6) is -0.643. The number of carbonyl (C=O) groups is 2. The molecule has 1 unspecified atom stereocenters. The Hall–Kier alpha value is -3.80. The molecule has 34 heavy (non-hydrogen) atoms. The van der Waals surface area contributed by atoms with Gasteiger partial charge in [-0.15, -0.1) is 0 Å². The Bertz CT molecular complexity index is 1270. The van der Waals surface area contributed by atoms with Gasteiger partial charge in [0.15, 0.2) is 0 Å². The van der Waals surface area contributed by atoms with Crippen LogP contribution in [0, 0.1) is 13.8 Å². The second-order valence-corrected chi connectivity index (χ2v) is 9.70. The van der Waals surface area contributed by atoms with E-state index < -0.39 is 17.7 Å². The summed E-state index contributed by atoms with van der Waals surface area (Å²) in [7, 11) is 1.59. The number of ketones is 1. The van der Waals surface area contributed by atoms with E-state index in [2.05, 4.69) is 0 Å². The molecule has 1 saturated heterocycles. The van der Waals surface area contributed by atoms with Crippen LogP contribution in [-0.2, 0) is 15.0 Å². The highest BCUT2D eigenvalue weighted by Gasteiger charge is 2.48. The first kappa shape index (κ1) is 23.4. The summed E-state index contributed by atoms with van der Waals surface area (Å²) in [6.45, 7) is 9.98. The number of nitrogens with zero attached hydrogens (tertiary/aromatic N) is 1. The number of hydrogen-bond donors (Lipinski definition) is 1. The minimum atomic E-state index is -0.892. The van der Waals surface area contributed by atoms with E-state index >= 15 is 0 Å². The van der Waals surface area contributed by atoms with Gasteiger partial charge in [0.25, 0.3) is 11.7 Å². The number of furan rings is 1. The number of Topliss-reactive ketones (excluding diaryl/α,β-unsaturated/α-hetero) is 1. The highest BCUT2D eigenvalue weighted by atomic mass is 16.5. The van der Waals surface area contributed by atoms with Gasteiger partial charge in [0.2, 0.25) is 0 Å². The third-order valence-corrected chi connectivity index (χ3v) is 6.02. The quantitative estimate of drug-likeness (QED) is 0.302. The zero-order valence-corrected chi connectivity index (χ0v) is 20.3. The van der Waals surface area contributed by atoms with E-state index in [1.807, 2.05) is 52.8 Å². The lowest BCUT2D eigenvalue weighted by Crippen LogP contribution is -2.29. The Kier molecular flexibility index (Phi) is 5.86. The second-order valence-electron chi connectivity index (χ2n) is 9.70. The average molecular weight is 460 g/mol. The molecule has 6 heteroatoms. The molecule has 1 fully saturated rings. The summed E-state index contributed by atoms with van der Waals surface area (Å²) in [5, 5.41) is 11.4. The number of hydrogen-bond acceptors (Lipinski definition) is 5. The van der Waals surface area contributed by atoms with E-state index in [0.717, 1.165) is 16.7 Å². The molecule has 1 atom stereocenters. The molecule has 1 N–H and O–H groups in total. The molecule has 1 aromatic heterocycles. The molecule has 4 rings (SSSR count). The minimum absolute atomic E-state index is 0.0101. The SMILES string of the molecule is COc1ccc(/C(O)=C2/C(=O)C(=O)N(c3cc(C)cc(C)c3)C2c2ccco2)cc1C(C)(C)C. The molecule has 1 aliphatic rings. The molecule has 0 bridgehead atoms. The molecule has 1 amide bonds. The van der Waals surface area contributed by atoms with Crippen molar-refractivity contribution in [1.29, 1.82) is 0 Å². The van der Waals surface area contributed by atoms with Crippen molar-refractivity contribution in [2.24, 2.45) is 0 Å². The maximum atomic E-state index is 13.3. The van der Waals surface area contributed by atoms with E-state index in [4.69, 9.17) is 9.15 Å². The van der Waals surface area contributed by atoms with Gasteiger partial charge in [0, 0.05) is 16.8 Å². The molecule has 2 heterocycles. The normalized spacial score (nSPS) is 17.9. The maximum Gasteiger partial charge on any atom is 0.300 e. The zero-order valence-electron chi connectivity index (χ0n) is 20.3. The van der Waals surface area contributed by atoms with Crippen LogP contribution >= 0.6 is 0 Å². The lowest BCUT2D eigenvalue weighted by Gasteiger charge is -2.25. The summed E-state index contributed by atoms with van der Waals surface area (Å²) in [4.78, 5) is 28.0. The first-order valence-corrected chi connectivity index (χ1v) is 11.1. The molecular formula is C28H29NO5. The van der Waals surface area contributed by atoms with Crippen LogP contribution in [0.4, 0.5) is 5.69 Å². The van der Waals surface area contributed by atoms with E-state index in [0.29, 0.717) is 22.8 Å². The van der Waals surface area contributed by atoms with Gasteiger partial charge < -0.3 is 14.3 Å². The predicted octanol–water partition coefficient (Wildman–Crippen LogP) is 5.83. The van der Waals surface area contributed by atoms with Crippen molar-refractivity contribution in [2.75, 3.05) is 12.0 Å². The number of rotatable bonds is 4. The fourth-order valence-corrected chi connectivity index (χ4v) is 4.50. The third kappa shape index (κ3) is 4.00. The monoisotopic (exact) mass is 459 g/mol. The van der Waals surface area contributed by atoms with Crippen LogP contribution in [0.5, 0.6) is 5.75 Å². The Balaban J connectivity index is 1.94. The Labute approximate surface area is 199 Å². The number of methoxy groups -OCH3 is 1. The van der Waals surface area contributed by atoms with Crippen LogP contribution in [0.2, 0.25) is 0 Å². The number of benzene rings is 2. The number of aryl methyl sites for hydroxylation is 2. The fraction of sp³-hybridized carbons (Fsp3) is 0.286. The smallest absolute Gasteiger partial charge is 0.300 e.